The monoisotopic (exact) mass is 231 g/mol. The molecule has 0 amide bonds. The van der Waals surface area contributed by atoms with Gasteiger partial charge >= 0.3 is 0 Å². The summed E-state index contributed by atoms with van der Waals surface area (Å²) in [7, 11) is 1.77. The van der Waals surface area contributed by atoms with Crippen molar-refractivity contribution in [3.8, 4) is 0 Å². The summed E-state index contributed by atoms with van der Waals surface area (Å²) in [5, 5.41) is 3.06. The Morgan fingerprint density at radius 1 is 1.18 bits per heavy atom. The molecule has 0 saturated carbocycles. The summed E-state index contributed by atoms with van der Waals surface area (Å²) in [6.07, 6.45) is 1.62. The van der Waals surface area contributed by atoms with Crippen LogP contribution in [0.1, 0.15) is 17.2 Å². The Morgan fingerprint density at radius 2 is 1.88 bits per heavy atom. The topological polar surface area (TPSA) is 50.9 Å². The van der Waals surface area contributed by atoms with Gasteiger partial charge in [-0.25, -0.2) is 9.37 Å². The van der Waals surface area contributed by atoms with Crippen molar-refractivity contribution < 1.29 is 4.39 Å². The van der Waals surface area contributed by atoms with Crippen LogP contribution in [0, 0.1) is 5.82 Å². The Bertz CT molecular complexity index is 468. The third-order valence-electron chi connectivity index (χ3n) is 2.69. The summed E-state index contributed by atoms with van der Waals surface area (Å²) >= 11 is 0. The molecule has 3 nitrogen and oxygen atoms in total. The highest BCUT2D eigenvalue weighted by atomic mass is 19.1. The van der Waals surface area contributed by atoms with Gasteiger partial charge in [-0.2, -0.15) is 0 Å². The Hall–Kier alpha value is -1.94. The van der Waals surface area contributed by atoms with Crippen LogP contribution in [0.5, 0.6) is 0 Å². The molecule has 0 spiro atoms. The zero-order chi connectivity index (χ0) is 12.3. The fourth-order valence-corrected chi connectivity index (χ4v) is 1.86. The normalized spacial score (nSPS) is 12.4. The minimum absolute atomic E-state index is 0.255. The molecule has 88 valence electrons. The van der Waals surface area contributed by atoms with Crippen molar-refractivity contribution in [1.29, 1.82) is 0 Å². The number of aromatic nitrogens is 1. The van der Waals surface area contributed by atoms with Crippen LogP contribution >= 0.6 is 0 Å². The number of benzene rings is 1. The van der Waals surface area contributed by atoms with E-state index in [0.29, 0.717) is 11.4 Å². The summed E-state index contributed by atoms with van der Waals surface area (Å²) in [4.78, 5) is 4.02. The van der Waals surface area contributed by atoms with E-state index >= 15 is 0 Å². The van der Waals surface area contributed by atoms with E-state index in [1.807, 2.05) is 6.07 Å². The van der Waals surface area contributed by atoms with Crippen LogP contribution in [0.4, 0.5) is 10.2 Å². The average molecular weight is 231 g/mol. The second kappa shape index (κ2) is 4.93. The van der Waals surface area contributed by atoms with Crippen molar-refractivity contribution in [2.75, 3.05) is 12.8 Å². The van der Waals surface area contributed by atoms with E-state index in [-0.39, 0.29) is 11.9 Å². The summed E-state index contributed by atoms with van der Waals surface area (Å²) in [6.45, 7) is 0. The zero-order valence-corrected chi connectivity index (χ0v) is 9.52. The van der Waals surface area contributed by atoms with Crippen LogP contribution in [-0.4, -0.2) is 12.0 Å². The molecule has 0 aliphatic heterocycles. The van der Waals surface area contributed by atoms with Crippen molar-refractivity contribution in [2.45, 2.75) is 6.04 Å². The first kappa shape index (κ1) is 11.5. The number of hydrogen-bond acceptors (Lipinski definition) is 3. The van der Waals surface area contributed by atoms with Crippen LogP contribution < -0.4 is 11.1 Å². The first-order valence-corrected chi connectivity index (χ1v) is 5.36. The van der Waals surface area contributed by atoms with Crippen LogP contribution in [0.3, 0.4) is 0 Å². The second-order valence-electron chi connectivity index (χ2n) is 3.72. The molecule has 0 radical (unpaired) electrons. The van der Waals surface area contributed by atoms with Gasteiger partial charge in [0, 0.05) is 17.3 Å². The number of pyridine rings is 1. The highest BCUT2D eigenvalue weighted by Crippen LogP contribution is 2.26. The second-order valence-corrected chi connectivity index (χ2v) is 3.72. The molecule has 1 unspecified atom stereocenters. The molecule has 2 aromatic rings. The molecule has 1 aromatic heterocycles. The molecule has 0 aliphatic rings. The van der Waals surface area contributed by atoms with Gasteiger partial charge in [-0.3, -0.25) is 0 Å². The number of anilines is 1. The fraction of sp³-hybridized carbons (Fsp3) is 0.154. The van der Waals surface area contributed by atoms with Crippen LogP contribution in [0.2, 0.25) is 0 Å². The third kappa shape index (κ3) is 2.26. The lowest BCUT2D eigenvalue weighted by molar-refractivity contribution is 0.576. The summed E-state index contributed by atoms with van der Waals surface area (Å²) in [6, 6.07) is 9.99. The first-order valence-electron chi connectivity index (χ1n) is 5.36. The van der Waals surface area contributed by atoms with E-state index < -0.39 is 0 Å². The highest BCUT2D eigenvalue weighted by molar-refractivity contribution is 5.45. The molecule has 0 fully saturated rings. The van der Waals surface area contributed by atoms with E-state index in [1.165, 1.54) is 6.07 Å². The van der Waals surface area contributed by atoms with Crippen molar-refractivity contribution in [1.82, 2.24) is 10.3 Å². The predicted octanol–water partition coefficient (Wildman–Crippen LogP) is 2.11. The van der Waals surface area contributed by atoms with Gasteiger partial charge in [-0.1, -0.05) is 24.3 Å². The van der Waals surface area contributed by atoms with Gasteiger partial charge in [0.15, 0.2) is 0 Å². The van der Waals surface area contributed by atoms with Crippen LogP contribution in [-0.2, 0) is 0 Å². The van der Waals surface area contributed by atoms with E-state index in [1.54, 1.807) is 37.5 Å². The Balaban J connectivity index is 2.48. The summed E-state index contributed by atoms with van der Waals surface area (Å²) < 4.78 is 13.7. The molecule has 17 heavy (non-hydrogen) atoms. The number of rotatable bonds is 3. The van der Waals surface area contributed by atoms with E-state index in [0.717, 1.165) is 5.56 Å². The summed E-state index contributed by atoms with van der Waals surface area (Å²) in [5.74, 6) is 0.158. The maximum atomic E-state index is 13.7. The third-order valence-corrected chi connectivity index (χ3v) is 2.69. The van der Waals surface area contributed by atoms with Gasteiger partial charge in [-0.15, -0.1) is 0 Å². The summed E-state index contributed by atoms with van der Waals surface area (Å²) in [5.41, 5.74) is 7.15. The van der Waals surface area contributed by atoms with Crippen LogP contribution in [0.25, 0.3) is 0 Å². The quantitative estimate of drug-likeness (QED) is 0.850. The standard InChI is InChI=1S/C13H14FN3/c1-16-12(9-5-2-3-7-11(9)14)10-6-4-8-17-13(10)15/h2-8,12,16H,1H3,(H2,15,17). The number of nitrogens with two attached hydrogens (primary N) is 1. The molecular weight excluding hydrogens is 217 g/mol. The van der Waals surface area contributed by atoms with Crippen LogP contribution in [0.15, 0.2) is 42.6 Å². The van der Waals surface area contributed by atoms with Crippen molar-refractivity contribution in [3.63, 3.8) is 0 Å². The number of nitrogens with zero attached hydrogens (tertiary/aromatic N) is 1. The molecule has 0 bridgehead atoms. The Kier molecular flexibility index (Phi) is 3.35. The van der Waals surface area contributed by atoms with Gasteiger partial charge in [0.05, 0.1) is 6.04 Å². The van der Waals surface area contributed by atoms with E-state index in [2.05, 4.69) is 10.3 Å². The van der Waals surface area contributed by atoms with E-state index in [4.69, 9.17) is 5.73 Å². The lowest BCUT2D eigenvalue weighted by Crippen LogP contribution is -2.20. The average Bonchev–Trinajstić information content (AvgIpc) is 2.34. The zero-order valence-electron chi connectivity index (χ0n) is 9.52. The first-order chi connectivity index (χ1) is 8.24. The Labute approximate surface area is 99.5 Å². The van der Waals surface area contributed by atoms with Crippen molar-refractivity contribution >= 4 is 5.82 Å². The number of hydrogen-bond donors (Lipinski definition) is 2. The molecule has 1 atom stereocenters. The maximum absolute atomic E-state index is 13.7. The van der Waals surface area contributed by atoms with Gasteiger partial charge in [-0.05, 0) is 19.2 Å². The lowest BCUT2D eigenvalue weighted by atomic mass is 9.99. The van der Waals surface area contributed by atoms with E-state index in [9.17, 15) is 4.39 Å². The minimum Gasteiger partial charge on any atom is -0.383 e. The van der Waals surface area contributed by atoms with Gasteiger partial charge in [0.2, 0.25) is 0 Å². The smallest absolute Gasteiger partial charge is 0.128 e. The van der Waals surface area contributed by atoms with Gasteiger partial charge in [0.1, 0.15) is 11.6 Å². The molecule has 0 saturated heterocycles. The molecule has 2 rings (SSSR count). The number of halogens is 1. The van der Waals surface area contributed by atoms with Gasteiger partial charge < -0.3 is 11.1 Å². The SMILES string of the molecule is CNC(c1ccccc1F)c1cccnc1N. The fourth-order valence-electron chi connectivity index (χ4n) is 1.86. The Morgan fingerprint density at radius 3 is 2.53 bits per heavy atom. The molecule has 4 heteroatoms. The molecule has 1 heterocycles. The predicted molar refractivity (Wildman–Crippen MR) is 66.0 cm³/mol. The lowest BCUT2D eigenvalue weighted by Gasteiger charge is -2.18. The van der Waals surface area contributed by atoms with Crippen molar-refractivity contribution in [3.05, 3.63) is 59.5 Å². The molecule has 0 aliphatic carbocycles. The molecule has 3 N–H and O–H groups in total. The highest BCUT2D eigenvalue weighted by Gasteiger charge is 2.17. The number of nitrogen functional groups attached to an aromatic ring is 1. The number of nitrogens with one attached hydrogen (secondary N) is 1. The maximum Gasteiger partial charge on any atom is 0.128 e. The largest absolute Gasteiger partial charge is 0.383 e. The molecular formula is C13H14FN3. The minimum atomic E-state index is -0.287. The molecule has 1 aromatic carbocycles. The van der Waals surface area contributed by atoms with Gasteiger partial charge in [0.25, 0.3) is 0 Å². The van der Waals surface area contributed by atoms with Crippen molar-refractivity contribution in [2.24, 2.45) is 0 Å².